The van der Waals surface area contributed by atoms with Crippen molar-refractivity contribution in [2.24, 2.45) is 0 Å². The number of benzene rings is 1. The lowest BCUT2D eigenvalue weighted by atomic mass is 10.1. The minimum absolute atomic E-state index is 0.0547. The summed E-state index contributed by atoms with van der Waals surface area (Å²) in [5.41, 5.74) is 0.719. The third kappa shape index (κ3) is 3.28. The molecule has 0 amide bonds. The molecular formula is C13H12ClF2NS. The van der Waals surface area contributed by atoms with Gasteiger partial charge >= 0.3 is 0 Å². The van der Waals surface area contributed by atoms with Crippen LogP contribution in [-0.4, -0.2) is 0 Å². The van der Waals surface area contributed by atoms with Gasteiger partial charge in [-0.15, -0.1) is 11.3 Å². The minimum atomic E-state index is -0.823. The number of rotatable bonds is 4. The molecule has 0 saturated heterocycles. The average molecular weight is 288 g/mol. The molecule has 2 rings (SSSR count). The maximum atomic E-state index is 13.1. The van der Waals surface area contributed by atoms with Crippen molar-refractivity contribution in [3.8, 4) is 0 Å². The summed E-state index contributed by atoms with van der Waals surface area (Å²) in [6, 6.07) is 7.67. The first-order chi connectivity index (χ1) is 8.56. The van der Waals surface area contributed by atoms with Crippen LogP contribution in [0.3, 0.4) is 0 Å². The first kappa shape index (κ1) is 13.5. The Morgan fingerprint density at radius 2 is 2.00 bits per heavy atom. The second kappa shape index (κ2) is 5.78. The van der Waals surface area contributed by atoms with E-state index in [1.54, 1.807) is 6.07 Å². The topological polar surface area (TPSA) is 12.0 Å². The normalized spacial score (nSPS) is 12.7. The van der Waals surface area contributed by atoms with Gasteiger partial charge in [-0.2, -0.15) is 0 Å². The lowest BCUT2D eigenvalue weighted by Gasteiger charge is -2.13. The van der Waals surface area contributed by atoms with Crippen LogP contribution in [0.2, 0.25) is 4.34 Å². The van der Waals surface area contributed by atoms with Crippen LogP contribution in [0.25, 0.3) is 0 Å². The van der Waals surface area contributed by atoms with Gasteiger partial charge in [0.25, 0.3) is 0 Å². The molecule has 0 bridgehead atoms. The van der Waals surface area contributed by atoms with E-state index in [1.165, 1.54) is 17.4 Å². The van der Waals surface area contributed by atoms with Crippen LogP contribution in [0.15, 0.2) is 30.3 Å². The number of halogens is 3. The summed E-state index contributed by atoms with van der Waals surface area (Å²) in [4.78, 5) is 1.11. The molecule has 2 aromatic rings. The zero-order chi connectivity index (χ0) is 13.1. The molecule has 0 aliphatic carbocycles. The zero-order valence-electron chi connectivity index (χ0n) is 9.71. The molecule has 1 aromatic carbocycles. The van der Waals surface area contributed by atoms with E-state index in [9.17, 15) is 8.78 Å². The molecule has 0 spiro atoms. The highest BCUT2D eigenvalue weighted by Gasteiger charge is 2.09. The van der Waals surface area contributed by atoms with Gasteiger partial charge in [0.1, 0.15) is 0 Å². The molecule has 0 saturated carbocycles. The van der Waals surface area contributed by atoms with Crippen molar-refractivity contribution in [2.45, 2.75) is 19.5 Å². The number of hydrogen-bond donors (Lipinski definition) is 1. The van der Waals surface area contributed by atoms with Crippen LogP contribution in [-0.2, 0) is 6.54 Å². The van der Waals surface area contributed by atoms with Crippen LogP contribution in [0, 0.1) is 11.6 Å². The van der Waals surface area contributed by atoms with Crippen LogP contribution < -0.4 is 5.32 Å². The smallest absolute Gasteiger partial charge is 0.159 e. The van der Waals surface area contributed by atoms with Gasteiger partial charge < -0.3 is 5.32 Å². The highest BCUT2D eigenvalue weighted by Crippen LogP contribution is 2.22. The van der Waals surface area contributed by atoms with E-state index in [0.717, 1.165) is 20.8 Å². The van der Waals surface area contributed by atoms with Crippen molar-refractivity contribution in [3.63, 3.8) is 0 Å². The van der Waals surface area contributed by atoms with E-state index in [4.69, 9.17) is 11.6 Å². The van der Waals surface area contributed by atoms with Gasteiger partial charge in [0.05, 0.1) is 4.34 Å². The lowest BCUT2D eigenvalue weighted by molar-refractivity contribution is 0.501. The van der Waals surface area contributed by atoms with Gasteiger partial charge in [0.15, 0.2) is 11.6 Å². The van der Waals surface area contributed by atoms with Crippen molar-refractivity contribution >= 4 is 22.9 Å². The lowest BCUT2D eigenvalue weighted by Crippen LogP contribution is -2.17. The van der Waals surface area contributed by atoms with E-state index in [2.05, 4.69) is 5.32 Å². The maximum absolute atomic E-state index is 13.1. The first-order valence-corrected chi connectivity index (χ1v) is 6.68. The molecular weight excluding hydrogens is 276 g/mol. The van der Waals surface area contributed by atoms with Crippen molar-refractivity contribution in [1.82, 2.24) is 5.32 Å². The quantitative estimate of drug-likeness (QED) is 0.871. The van der Waals surface area contributed by atoms with E-state index in [-0.39, 0.29) is 6.04 Å². The molecule has 5 heteroatoms. The van der Waals surface area contributed by atoms with Gasteiger partial charge in [-0.05, 0) is 36.8 Å². The molecule has 96 valence electrons. The van der Waals surface area contributed by atoms with Crippen molar-refractivity contribution in [2.75, 3.05) is 0 Å². The third-order valence-corrected chi connectivity index (χ3v) is 3.89. The average Bonchev–Trinajstić information content (AvgIpc) is 2.75. The number of thiophene rings is 1. The number of hydrogen-bond acceptors (Lipinski definition) is 2. The van der Waals surface area contributed by atoms with Crippen molar-refractivity contribution < 1.29 is 8.78 Å². The summed E-state index contributed by atoms with van der Waals surface area (Å²) in [5, 5.41) is 3.24. The molecule has 18 heavy (non-hydrogen) atoms. The Hall–Kier alpha value is -0.970. The minimum Gasteiger partial charge on any atom is -0.305 e. The Balaban J connectivity index is 1.99. The fourth-order valence-electron chi connectivity index (χ4n) is 1.60. The maximum Gasteiger partial charge on any atom is 0.159 e. The van der Waals surface area contributed by atoms with Gasteiger partial charge in [0.2, 0.25) is 0 Å². The Kier molecular flexibility index (Phi) is 4.32. The van der Waals surface area contributed by atoms with Crippen LogP contribution in [0.5, 0.6) is 0 Å². The summed E-state index contributed by atoms with van der Waals surface area (Å²) in [5.74, 6) is -1.64. The molecule has 1 aromatic heterocycles. The molecule has 0 aliphatic rings. The fourth-order valence-corrected chi connectivity index (χ4v) is 2.64. The van der Waals surface area contributed by atoms with Gasteiger partial charge in [-0.1, -0.05) is 17.7 Å². The molecule has 0 aliphatic heterocycles. The van der Waals surface area contributed by atoms with E-state index >= 15 is 0 Å². The zero-order valence-corrected chi connectivity index (χ0v) is 11.3. The molecule has 1 unspecified atom stereocenters. The highest BCUT2D eigenvalue weighted by molar-refractivity contribution is 7.16. The van der Waals surface area contributed by atoms with E-state index in [0.29, 0.717) is 6.54 Å². The molecule has 0 radical (unpaired) electrons. The van der Waals surface area contributed by atoms with Gasteiger partial charge in [0, 0.05) is 17.5 Å². The Morgan fingerprint density at radius 3 is 2.61 bits per heavy atom. The molecule has 1 heterocycles. The predicted octanol–water partition coefficient (Wildman–Crippen LogP) is 4.53. The first-order valence-electron chi connectivity index (χ1n) is 5.49. The summed E-state index contributed by atoms with van der Waals surface area (Å²) < 4.78 is 26.6. The second-order valence-corrected chi connectivity index (χ2v) is 5.78. The summed E-state index contributed by atoms with van der Waals surface area (Å²) in [7, 11) is 0. The fraction of sp³-hybridized carbons (Fsp3) is 0.231. The Labute approximate surface area is 113 Å². The van der Waals surface area contributed by atoms with Crippen LogP contribution in [0.4, 0.5) is 8.78 Å². The highest BCUT2D eigenvalue weighted by atomic mass is 35.5. The molecule has 1 N–H and O–H groups in total. The largest absolute Gasteiger partial charge is 0.305 e. The summed E-state index contributed by atoms with van der Waals surface area (Å²) in [6.45, 7) is 2.56. The Bertz CT molecular complexity index is 542. The van der Waals surface area contributed by atoms with E-state index in [1.807, 2.05) is 19.1 Å². The van der Waals surface area contributed by atoms with Crippen molar-refractivity contribution in [1.29, 1.82) is 0 Å². The molecule has 1 atom stereocenters. The number of nitrogens with one attached hydrogen (secondary N) is 1. The molecule has 0 fully saturated rings. The monoisotopic (exact) mass is 287 g/mol. The SMILES string of the molecule is CC(NCc1ccc(Cl)s1)c1ccc(F)c(F)c1. The second-order valence-electron chi connectivity index (χ2n) is 3.98. The summed E-state index contributed by atoms with van der Waals surface area (Å²) >= 11 is 7.33. The van der Waals surface area contributed by atoms with Crippen LogP contribution >= 0.6 is 22.9 Å². The molecule has 1 nitrogen and oxygen atoms in total. The third-order valence-electron chi connectivity index (χ3n) is 2.65. The predicted molar refractivity (Wildman–Crippen MR) is 70.9 cm³/mol. The van der Waals surface area contributed by atoms with Gasteiger partial charge in [-0.3, -0.25) is 0 Å². The standard InChI is InChI=1S/C13H12ClF2NS/c1-8(9-2-4-11(15)12(16)6-9)17-7-10-3-5-13(14)18-10/h2-6,8,17H,7H2,1H3. The summed E-state index contributed by atoms with van der Waals surface area (Å²) in [6.07, 6.45) is 0. The van der Waals surface area contributed by atoms with Gasteiger partial charge in [-0.25, -0.2) is 8.78 Å². The van der Waals surface area contributed by atoms with Crippen LogP contribution in [0.1, 0.15) is 23.4 Å². The van der Waals surface area contributed by atoms with E-state index < -0.39 is 11.6 Å². The Morgan fingerprint density at radius 1 is 1.22 bits per heavy atom. The van der Waals surface area contributed by atoms with Crippen molar-refractivity contribution in [3.05, 3.63) is 56.7 Å².